The molecule has 1 unspecified atom stereocenters. The molecule has 1 fully saturated rings. The molecule has 0 aliphatic carbocycles. The molecule has 1 amide bonds. The van der Waals surface area contributed by atoms with Crippen LogP contribution in [0.1, 0.15) is 12.0 Å². The van der Waals surface area contributed by atoms with E-state index in [9.17, 15) is 18.7 Å². The molecule has 1 aromatic heterocycles. The molecule has 1 aliphatic heterocycles. The Morgan fingerprint density at radius 3 is 2.95 bits per heavy atom. The van der Waals surface area contributed by atoms with Crippen LogP contribution in [0.5, 0.6) is 0 Å². The normalized spacial score (nSPS) is 22.0. The van der Waals surface area contributed by atoms with E-state index in [-0.39, 0.29) is 32.0 Å². The number of aromatic nitrogens is 2. The number of likely N-dealkylation sites (tertiary alicyclic amines) is 1. The maximum absolute atomic E-state index is 12.8. The molecule has 118 valence electrons. The second-order valence-electron chi connectivity index (χ2n) is 5.83. The van der Waals surface area contributed by atoms with Gasteiger partial charge in [-0.15, -0.1) is 0 Å². The molecule has 2 aromatic rings. The summed E-state index contributed by atoms with van der Waals surface area (Å²) in [7, 11) is 0. The Kier molecular flexibility index (Phi) is 3.60. The summed E-state index contributed by atoms with van der Waals surface area (Å²) in [6.07, 6.45) is -1.38. The van der Waals surface area contributed by atoms with Crippen LogP contribution in [-0.4, -0.2) is 50.6 Å². The van der Waals surface area contributed by atoms with Crippen molar-refractivity contribution in [3.63, 3.8) is 0 Å². The molecule has 0 radical (unpaired) electrons. The number of aliphatic hydroxyl groups is 1. The maximum atomic E-state index is 12.8. The fraction of sp³-hybridized carbons (Fsp3) is 0.467. The summed E-state index contributed by atoms with van der Waals surface area (Å²) < 4.78 is 27.3. The van der Waals surface area contributed by atoms with Crippen molar-refractivity contribution in [1.82, 2.24) is 14.5 Å². The first-order valence-electron chi connectivity index (χ1n) is 7.09. The highest BCUT2D eigenvalue weighted by molar-refractivity contribution is 5.81. The molecule has 0 spiro atoms. The molecular weight excluding hydrogens is 292 g/mol. The highest BCUT2D eigenvalue weighted by atomic mass is 19.3. The lowest BCUT2D eigenvalue weighted by molar-refractivity contribution is -0.134. The lowest BCUT2D eigenvalue weighted by atomic mass is 10.1. The van der Waals surface area contributed by atoms with Crippen molar-refractivity contribution >= 4 is 16.9 Å². The summed E-state index contributed by atoms with van der Waals surface area (Å²) in [6, 6.07) is 5.73. The van der Waals surface area contributed by atoms with Crippen LogP contribution in [0, 0.1) is 6.92 Å². The van der Waals surface area contributed by atoms with Gasteiger partial charge >= 0.3 is 0 Å². The van der Waals surface area contributed by atoms with E-state index in [1.807, 2.05) is 25.1 Å². The summed E-state index contributed by atoms with van der Waals surface area (Å²) >= 11 is 0. The number of alkyl halides is 2. The van der Waals surface area contributed by atoms with Gasteiger partial charge < -0.3 is 14.6 Å². The first-order valence-corrected chi connectivity index (χ1v) is 7.09. The van der Waals surface area contributed by atoms with Crippen LogP contribution in [0.25, 0.3) is 11.0 Å². The van der Waals surface area contributed by atoms with Crippen LogP contribution >= 0.6 is 0 Å². The van der Waals surface area contributed by atoms with Gasteiger partial charge in [0.05, 0.1) is 23.9 Å². The number of imidazole rings is 1. The van der Waals surface area contributed by atoms with Gasteiger partial charge in [0.15, 0.2) is 0 Å². The number of β-amino-alcohol motifs (C(OH)–C–C–N with tert-alkyl or cyclic N) is 1. The second kappa shape index (κ2) is 5.31. The molecule has 1 saturated heterocycles. The van der Waals surface area contributed by atoms with Gasteiger partial charge in [-0.1, -0.05) is 6.07 Å². The van der Waals surface area contributed by atoms with Crippen molar-refractivity contribution in [1.29, 1.82) is 0 Å². The van der Waals surface area contributed by atoms with E-state index in [1.54, 1.807) is 10.9 Å². The predicted octanol–water partition coefficient (Wildman–Crippen LogP) is 1.57. The van der Waals surface area contributed by atoms with Gasteiger partial charge in [0.2, 0.25) is 5.91 Å². The van der Waals surface area contributed by atoms with E-state index in [4.69, 9.17) is 0 Å². The van der Waals surface area contributed by atoms with Crippen molar-refractivity contribution in [3.8, 4) is 0 Å². The highest BCUT2D eigenvalue weighted by Crippen LogP contribution is 2.28. The second-order valence-corrected chi connectivity index (χ2v) is 5.83. The average Bonchev–Trinajstić information content (AvgIpc) is 3.04. The molecule has 1 aliphatic rings. The molecule has 22 heavy (non-hydrogen) atoms. The Morgan fingerprint density at radius 1 is 1.50 bits per heavy atom. The van der Waals surface area contributed by atoms with Crippen LogP contribution in [0.3, 0.4) is 0 Å². The summed E-state index contributed by atoms with van der Waals surface area (Å²) in [5, 5.41) is 9.76. The zero-order chi connectivity index (χ0) is 15.9. The number of amides is 1. The van der Waals surface area contributed by atoms with Gasteiger partial charge in [-0.25, -0.2) is 13.8 Å². The molecule has 2 heterocycles. The summed E-state index contributed by atoms with van der Waals surface area (Å²) in [5.74, 6) is -0.294. The third kappa shape index (κ3) is 2.56. The minimum Gasteiger partial charge on any atom is -0.382 e. The smallest absolute Gasteiger partial charge is 0.268 e. The number of hydrogen-bond donors (Lipinski definition) is 1. The number of carbonyl (C=O) groups excluding carboxylic acids is 1. The van der Waals surface area contributed by atoms with Crippen LogP contribution in [0.4, 0.5) is 8.78 Å². The SMILES string of the molecule is Cc1ccc2ncn(CC(=O)N3CCC(O)(C(F)F)C3)c2c1. The maximum Gasteiger partial charge on any atom is 0.268 e. The Hall–Kier alpha value is -2.02. The number of fused-ring (bicyclic) bond motifs is 1. The zero-order valence-corrected chi connectivity index (χ0v) is 12.2. The monoisotopic (exact) mass is 309 g/mol. The molecule has 1 N–H and O–H groups in total. The van der Waals surface area contributed by atoms with Gasteiger partial charge in [0.25, 0.3) is 6.43 Å². The summed E-state index contributed by atoms with van der Waals surface area (Å²) in [4.78, 5) is 17.8. The number of benzene rings is 1. The molecular formula is C15H17F2N3O2. The van der Waals surface area contributed by atoms with Crippen molar-refractivity contribution in [2.75, 3.05) is 13.1 Å². The number of halogens is 2. The van der Waals surface area contributed by atoms with Crippen molar-refractivity contribution in [3.05, 3.63) is 30.1 Å². The van der Waals surface area contributed by atoms with Crippen LogP contribution < -0.4 is 0 Å². The van der Waals surface area contributed by atoms with E-state index in [1.165, 1.54) is 4.90 Å². The summed E-state index contributed by atoms with van der Waals surface area (Å²) in [5.41, 5.74) is 0.582. The molecule has 5 nitrogen and oxygen atoms in total. The Balaban J connectivity index is 1.76. The fourth-order valence-corrected chi connectivity index (χ4v) is 2.75. The molecule has 1 atom stereocenters. The van der Waals surface area contributed by atoms with Gasteiger partial charge in [-0.05, 0) is 24.6 Å². The van der Waals surface area contributed by atoms with Crippen LogP contribution in [0.15, 0.2) is 24.5 Å². The largest absolute Gasteiger partial charge is 0.382 e. The first-order chi connectivity index (χ1) is 10.4. The van der Waals surface area contributed by atoms with Crippen LogP contribution in [-0.2, 0) is 11.3 Å². The third-order valence-corrected chi connectivity index (χ3v) is 4.12. The van der Waals surface area contributed by atoms with E-state index in [2.05, 4.69) is 4.98 Å². The topological polar surface area (TPSA) is 58.4 Å². The zero-order valence-electron chi connectivity index (χ0n) is 12.2. The van der Waals surface area contributed by atoms with Gasteiger partial charge in [0, 0.05) is 13.0 Å². The third-order valence-electron chi connectivity index (χ3n) is 4.12. The average molecular weight is 309 g/mol. The van der Waals surface area contributed by atoms with Crippen molar-refractivity contribution in [2.45, 2.75) is 31.9 Å². The van der Waals surface area contributed by atoms with E-state index in [0.29, 0.717) is 0 Å². The van der Waals surface area contributed by atoms with Crippen LogP contribution in [0.2, 0.25) is 0 Å². The lowest BCUT2D eigenvalue weighted by Crippen LogP contribution is -2.42. The first kappa shape index (κ1) is 14.9. The molecule has 1 aromatic carbocycles. The Morgan fingerprint density at radius 2 is 2.27 bits per heavy atom. The molecule has 3 rings (SSSR count). The fourth-order valence-electron chi connectivity index (χ4n) is 2.75. The van der Waals surface area contributed by atoms with E-state index in [0.717, 1.165) is 16.6 Å². The van der Waals surface area contributed by atoms with E-state index >= 15 is 0 Å². The number of aryl methyl sites for hydroxylation is 1. The molecule has 7 heteroatoms. The van der Waals surface area contributed by atoms with Gasteiger partial charge in [-0.3, -0.25) is 4.79 Å². The number of nitrogens with zero attached hydrogens (tertiary/aromatic N) is 3. The van der Waals surface area contributed by atoms with Crippen molar-refractivity contribution < 1.29 is 18.7 Å². The minimum absolute atomic E-state index is 0.0271. The number of hydrogen-bond acceptors (Lipinski definition) is 3. The van der Waals surface area contributed by atoms with Gasteiger partial charge in [-0.2, -0.15) is 0 Å². The standard InChI is InChI=1S/C15H17F2N3O2/c1-10-2-3-11-12(6-10)20(9-18-11)7-13(21)19-5-4-15(22,8-19)14(16)17/h2-3,6,9,14,22H,4-5,7-8H2,1H3. The Bertz CT molecular complexity index is 716. The summed E-state index contributed by atoms with van der Waals surface area (Å²) in [6.45, 7) is 1.79. The number of rotatable bonds is 3. The number of carbonyl (C=O) groups is 1. The predicted molar refractivity (Wildman–Crippen MR) is 76.6 cm³/mol. The Labute approximate surface area is 126 Å². The van der Waals surface area contributed by atoms with Gasteiger partial charge in [0.1, 0.15) is 12.1 Å². The molecule has 0 bridgehead atoms. The quantitative estimate of drug-likeness (QED) is 0.936. The lowest BCUT2D eigenvalue weighted by Gasteiger charge is -2.22. The van der Waals surface area contributed by atoms with E-state index < -0.39 is 12.0 Å². The van der Waals surface area contributed by atoms with Crippen molar-refractivity contribution in [2.24, 2.45) is 0 Å². The molecule has 0 saturated carbocycles. The minimum atomic E-state index is -2.85. The highest BCUT2D eigenvalue weighted by Gasteiger charge is 2.45.